The predicted molar refractivity (Wildman–Crippen MR) is 72.3 cm³/mol. The van der Waals surface area contributed by atoms with Crippen molar-refractivity contribution in [3.8, 4) is 0 Å². The number of nitrogens with zero attached hydrogens (tertiary/aromatic N) is 1. The minimum absolute atomic E-state index is 0. The van der Waals surface area contributed by atoms with Crippen molar-refractivity contribution >= 4 is 56.2 Å². The van der Waals surface area contributed by atoms with Crippen molar-refractivity contribution in [3.63, 3.8) is 0 Å². The average molecular weight is 276 g/mol. The van der Waals surface area contributed by atoms with Crippen LogP contribution in [0.4, 0.5) is 9.57 Å². The number of benzene rings is 2. The van der Waals surface area contributed by atoms with Crippen molar-refractivity contribution in [1.29, 1.82) is 0 Å². The van der Waals surface area contributed by atoms with Crippen molar-refractivity contribution in [2.24, 2.45) is 0 Å². The predicted octanol–water partition coefficient (Wildman–Crippen LogP) is 2.18. The first kappa shape index (κ1) is 15.4. The summed E-state index contributed by atoms with van der Waals surface area (Å²) in [5.74, 6) is 0. The summed E-state index contributed by atoms with van der Waals surface area (Å²) >= 11 is 0. The molecule has 1 radical (unpaired) electrons. The number of hydrogen-bond acceptors (Lipinski definition) is 3. The molecule has 0 aliphatic rings. The van der Waals surface area contributed by atoms with E-state index in [0.717, 1.165) is 11.1 Å². The summed E-state index contributed by atoms with van der Waals surface area (Å²) in [7, 11) is -0.985. The van der Waals surface area contributed by atoms with Gasteiger partial charge in [-0.1, -0.05) is 24.3 Å². The SMILES string of the molecule is CN(C)c1cccc2c(S(=O)(=O)F)cccc12.[Na]. The minimum atomic E-state index is -4.69. The van der Waals surface area contributed by atoms with Gasteiger partial charge in [0.05, 0.1) is 0 Å². The molecule has 0 bridgehead atoms. The van der Waals surface area contributed by atoms with E-state index in [9.17, 15) is 12.3 Å². The van der Waals surface area contributed by atoms with Gasteiger partial charge in [0.15, 0.2) is 0 Å². The largest absolute Gasteiger partial charge is 0.377 e. The average Bonchev–Trinajstić information content (AvgIpc) is 2.26. The third-order valence-electron chi connectivity index (χ3n) is 2.60. The van der Waals surface area contributed by atoms with Gasteiger partial charge in [0.25, 0.3) is 0 Å². The number of anilines is 1. The fraction of sp³-hybridized carbons (Fsp3) is 0.167. The molecule has 2 aromatic carbocycles. The molecule has 0 heterocycles. The van der Waals surface area contributed by atoms with E-state index in [1.807, 2.05) is 25.1 Å². The summed E-state index contributed by atoms with van der Waals surface area (Å²) in [4.78, 5) is 1.58. The molecule has 0 N–H and O–H groups in total. The molecule has 0 unspecified atom stereocenters. The zero-order valence-electron chi connectivity index (χ0n) is 10.5. The molecule has 0 aliphatic heterocycles. The first-order valence-corrected chi connectivity index (χ1v) is 6.43. The van der Waals surface area contributed by atoms with E-state index >= 15 is 0 Å². The third-order valence-corrected chi connectivity index (χ3v) is 3.48. The van der Waals surface area contributed by atoms with Gasteiger partial charge < -0.3 is 4.90 Å². The Morgan fingerprint density at radius 1 is 1.00 bits per heavy atom. The van der Waals surface area contributed by atoms with Gasteiger partial charge in [-0.3, -0.25) is 0 Å². The Balaban J connectivity index is 0.00000162. The second-order valence-electron chi connectivity index (χ2n) is 3.96. The number of rotatable bonds is 2. The molecular formula is C12H12FNNaO2S. The molecule has 0 amide bonds. The second-order valence-corrected chi connectivity index (χ2v) is 5.28. The van der Waals surface area contributed by atoms with Crippen molar-refractivity contribution in [3.05, 3.63) is 36.4 Å². The first-order valence-electron chi connectivity index (χ1n) is 5.05. The van der Waals surface area contributed by atoms with Gasteiger partial charge in [-0.15, -0.1) is 3.89 Å². The maximum Gasteiger partial charge on any atom is 0.332 e. The van der Waals surface area contributed by atoms with Gasteiger partial charge in [-0.2, -0.15) is 8.42 Å². The number of halogens is 1. The standard InChI is InChI=1S/C12H12FNO2S.Na/c1-14(2)11-7-3-6-10-9(11)5-4-8-12(10)17(13,15)16;/h3-8H,1-2H3;. The summed E-state index contributed by atoms with van der Waals surface area (Å²) in [5, 5.41) is 1.12. The van der Waals surface area contributed by atoms with Crippen LogP contribution in [0.25, 0.3) is 10.8 Å². The van der Waals surface area contributed by atoms with Crippen molar-refractivity contribution in [2.75, 3.05) is 19.0 Å². The zero-order chi connectivity index (χ0) is 12.6. The molecule has 0 saturated carbocycles. The Kier molecular flexibility index (Phi) is 4.78. The van der Waals surface area contributed by atoms with Crippen LogP contribution in [0.3, 0.4) is 0 Å². The molecule has 0 fully saturated rings. The molecule has 3 nitrogen and oxygen atoms in total. The summed E-state index contributed by atoms with van der Waals surface area (Å²) in [5.41, 5.74) is 0.855. The van der Waals surface area contributed by atoms with Crippen LogP contribution in [0.1, 0.15) is 0 Å². The Morgan fingerprint density at radius 3 is 2.11 bits per heavy atom. The molecule has 0 spiro atoms. The summed E-state index contributed by atoms with van der Waals surface area (Å²) < 4.78 is 35.2. The van der Waals surface area contributed by atoms with Gasteiger partial charge in [0.1, 0.15) is 4.90 Å². The Labute approximate surface area is 128 Å². The summed E-state index contributed by atoms with van der Waals surface area (Å²) in [6.07, 6.45) is 0. The number of hydrogen-bond donors (Lipinski definition) is 0. The van der Waals surface area contributed by atoms with Crippen LogP contribution in [0.5, 0.6) is 0 Å². The van der Waals surface area contributed by atoms with E-state index in [-0.39, 0.29) is 34.5 Å². The Bertz CT molecular complexity index is 671. The van der Waals surface area contributed by atoms with Crippen LogP contribution >= 0.6 is 0 Å². The molecule has 0 aliphatic carbocycles. The Morgan fingerprint density at radius 2 is 1.56 bits per heavy atom. The van der Waals surface area contributed by atoms with Crippen LogP contribution in [0.15, 0.2) is 41.3 Å². The maximum absolute atomic E-state index is 13.1. The van der Waals surface area contributed by atoms with Crippen LogP contribution < -0.4 is 4.90 Å². The molecule has 91 valence electrons. The van der Waals surface area contributed by atoms with E-state index in [0.29, 0.717) is 5.39 Å². The van der Waals surface area contributed by atoms with Crippen molar-refractivity contribution in [1.82, 2.24) is 0 Å². The van der Waals surface area contributed by atoms with Crippen LogP contribution in [0, 0.1) is 0 Å². The molecule has 0 atom stereocenters. The van der Waals surface area contributed by atoms with Gasteiger partial charge >= 0.3 is 10.2 Å². The van der Waals surface area contributed by atoms with Gasteiger partial charge in [-0.25, -0.2) is 0 Å². The quantitative estimate of drug-likeness (QED) is 0.623. The van der Waals surface area contributed by atoms with Crippen molar-refractivity contribution in [2.45, 2.75) is 4.90 Å². The third kappa shape index (κ3) is 2.85. The van der Waals surface area contributed by atoms with E-state index < -0.39 is 10.2 Å². The Hall–Kier alpha value is -0.620. The molecule has 6 heteroatoms. The van der Waals surface area contributed by atoms with E-state index in [2.05, 4.69) is 0 Å². The van der Waals surface area contributed by atoms with Crippen LogP contribution in [-0.2, 0) is 10.2 Å². The molecule has 2 rings (SSSR count). The molecule has 18 heavy (non-hydrogen) atoms. The molecular weight excluding hydrogens is 264 g/mol. The van der Waals surface area contributed by atoms with E-state index in [4.69, 9.17) is 0 Å². The first-order chi connectivity index (χ1) is 7.91. The van der Waals surface area contributed by atoms with Gasteiger partial charge in [0.2, 0.25) is 0 Å². The smallest absolute Gasteiger partial charge is 0.332 e. The molecule has 0 aromatic heterocycles. The summed E-state index contributed by atoms with van der Waals surface area (Å²) in [6, 6.07) is 9.77. The van der Waals surface area contributed by atoms with Crippen LogP contribution in [0.2, 0.25) is 0 Å². The minimum Gasteiger partial charge on any atom is -0.377 e. The van der Waals surface area contributed by atoms with Crippen molar-refractivity contribution < 1.29 is 12.3 Å². The summed E-state index contributed by atoms with van der Waals surface area (Å²) in [6.45, 7) is 0. The fourth-order valence-electron chi connectivity index (χ4n) is 1.87. The topological polar surface area (TPSA) is 37.4 Å². The zero-order valence-corrected chi connectivity index (χ0v) is 13.3. The van der Waals surface area contributed by atoms with Crippen LogP contribution in [-0.4, -0.2) is 52.1 Å². The number of fused-ring (bicyclic) bond motifs is 1. The van der Waals surface area contributed by atoms with Gasteiger partial charge in [-0.05, 0) is 12.1 Å². The van der Waals surface area contributed by atoms with E-state index in [1.165, 1.54) is 6.07 Å². The monoisotopic (exact) mass is 276 g/mol. The fourth-order valence-corrected chi connectivity index (χ4v) is 2.55. The maximum atomic E-state index is 13.1. The normalized spacial score (nSPS) is 11.1. The van der Waals surface area contributed by atoms with E-state index in [1.54, 1.807) is 24.3 Å². The molecule has 2 aromatic rings. The second kappa shape index (κ2) is 5.57. The van der Waals surface area contributed by atoms with Gasteiger partial charge in [0, 0.05) is 60.1 Å². The molecule has 0 saturated heterocycles.